The molecule has 1 saturated heterocycles. The fourth-order valence-electron chi connectivity index (χ4n) is 6.73. The van der Waals surface area contributed by atoms with Crippen LogP contribution in [0, 0.1) is 28.6 Å². The molecule has 2 saturated carbocycles. The Balaban J connectivity index is 2.09. The van der Waals surface area contributed by atoms with Gasteiger partial charge in [0.2, 0.25) is 12.6 Å². The average molecular weight is 463 g/mol. The van der Waals surface area contributed by atoms with Gasteiger partial charge in [0.15, 0.2) is 0 Å². The minimum Gasteiger partial charge on any atom is -0.463 e. The molecule has 0 aromatic rings. The predicted molar refractivity (Wildman–Crippen MR) is 121 cm³/mol. The summed E-state index contributed by atoms with van der Waals surface area (Å²) in [6, 6.07) is 0. The third-order valence-corrected chi connectivity index (χ3v) is 8.47. The van der Waals surface area contributed by atoms with E-state index < -0.39 is 29.9 Å². The quantitative estimate of drug-likeness (QED) is 0.308. The number of ether oxygens (including phenoxy) is 4. The van der Waals surface area contributed by atoms with Crippen LogP contribution in [-0.4, -0.2) is 36.6 Å². The zero-order valence-electron chi connectivity index (χ0n) is 20.6. The van der Waals surface area contributed by atoms with Gasteiger partial charge in [0.1, 0.15) is 6.10 Å². The van der Waals surface area contributed by atoms with Crippen molar-refractivity contribution in [1.82, 2.24) is 0 Å². The van der Waals surface area contributed by atoms with E-state index in [1.807, 2.05) is 0 Å². The minimum atomic E-state index is -0.853. The number of esters is 3. The number of rotatable bonds is 7. The molecule has 0 N–H and O–H groups in total. The molecule has 3 fully saturated rings. The maximum atomic E-state index is 12.1. The summed E-state index contributed by atoms with van der Waals surface area (Å²) < 4.78 is 23.2. The zero-order chi connectivity index (χ0) is 24.6. The van der Waals surface area contributed by atoms with Gasteiger partial charge in [-0.05, 0) is 55.8 Å². The lowest BCUT2D eigenvalue weighted by Gasteiger charge is -2.61. The summed E-state index contributed by atoms with van der Waals surface area (Å²) in [7, 11) is 0. The molecule has 7 heteroatoms. The lowest BCUT2D eigenvalue weighted by Crippen LogP contribution is -2.60. The molecule has 0 bridgehead atoms. The molecule has 1 aliphatic heterocycles. The minimum absolute atomic E-state index is 0.0272. The van der Waals surface area contributed by atoms with Gasteiger partial charge in [-0.1, -0.05) is 38.7 Å². The highest BCUT2D eigenvalue weighted by atomic mass is 16.8. The van der Waals surface area contributed by atoms with Crippen molar-refractivity contribution in [2.24, 2.45) is 28.6 Å². The van der Waals surface area contributed by atoms with Crippen LogP contribution in [0.15, 0.2) is 24.8 Å². The van der Waals surface area contributed by atoms with Gasteiger partial charge >= 0.3 is 17.9 Å². The first kappa shape index (κ1) is 25.5. The maximum absolute atomic E-state index is 12.1. The molecule has 0 aromatic heterocycles. The molecule has 0 radical (unpaired) electrons. The van der Waals surface area contributed by atoms with Crippen LogP contribution in [0.25, 0.3) is 0 Å². The van der Waals surface area contributed by atoms with Crippen LogP contribution in [0.4, 0.5) is 0 Å². The summed E-state index contributed by atoms with van der Waals surface area (Å²) in [6.07, 6.45) is 4.31. The van der Waals surface area contributed by atoms with Crippen molar-refractivity contribution in [3.8, 4) is 0 Å². The number of allylic oxidation sites excluding steroid dienone is 2. The van der Waals surface area contributed by atoms with Gasteiger partial charge in [0, 0.05) is 32.1 Å². The van der Waals surface area contributed by atoms with Crippen molar-refractivity contribution in [2.75, 3.05) is 0 Å². The van der Waals surface area contributed by atoms with E-state index in [4.69, 9.17) is 18.9 Å². The van der Waals surface area contributed by atoms with Gasteiger partial charge in [0.25, 0.3) is 0 Å². The summed E-state index contributed by atoms with van der Waals surface area (Å²) >= 11 is 0. The van der Waals surface area contributed by atoms with Gasteiger partial charge in [-0.25, -0.2) is 0 Å². The van der Waals surface area contributed by atoms with Crippen molar-refractivity contribution in [3.63, 3.8) is 0 Å². The summed E-state index contributed by atoms with van der Waals surface area (Å²) in [5.74, 6) is -1.06. The fraction of sp³-hybridized carbons (Fsp3) is 0.731. The SMILES string of the molecule is C=CC(=C)CC[C@]1(C)[C@H](C)CC[C@@]23C(C[C@H](OC(C)=O)C[C@@H]12)[C@@H](OC(C)=O)O[C@H]3OC(C)=O. The molecule has 3 aliphatic rings. The molecule has 33 heavy (non-hydrogen) atoms. The first-order chi connectivity index (χ1) is 15.4. The van der Waals surface area contributed by atoms with E-state index in [-0.39, 0.29) is 29.3 Å². The lowest BCUT2D eigenvalue weighted by molar-refractivity contribution is -0.238. The Labute approximate surface area is 196 Å². The van der Waals surface area contributed by atoms with Crippen LogP contribution in [-0.2, 0) is 33.3 Å². The van der Waals surface area contributed by atoms with Crippen molar-refractivity contribution >= 4 is 17.9 Å². The molecular formula is C26H38O7. The Kier molecular flexibility index (Phi) is 7.42. The van der Waals surface area contributed by atoms with E-state index in [0.717, 1.165) is 31.3 Å². The summed E-state index contributed by atoms with van der Waals surface area (Å²) in [6.45, 7) is 16.6. The van der Waals surface area contributed by atoms with E-state index in [9.17, 15) is 14.4 Å². The summed E-state index contributed by atoms with van der Waals surface area (Å²) in [5.41, 5.74) is 0.289. The van der Waals surface area contributed by atoms with E-state index in [1.165, 1.54) is 20.8 Å². The predicted octanol–water partition coefficient (Wildman–Crippen LogP) is 4.70. The molecule has 8 atom stereocenters. The second-order valence-electron chi connectivity index (χ2n) is 10.3. The summed E-state index contributed by atoms with van der Waals surface area (Å²) in [5, 5.41) is 0. The van der Waals surface area contributed by atoms with Gasteiger partial charge in [0.05, 0.1) is 0 Å². The Bertz CT molecular complexity index is 819. The van der Waals surface area contributed by atoms with E-state index in [2.05, 4.69) is 27.0 Å². The van der Waals surface area contributed by atoms with Crippen LogP contribution >= 0.6 is 0 Å². The number of hydrogen-bond donors (Lipinski definition) is 0. The van der Waals surface area contributed by atoms with Gasteiger partial charge in [-0.15, -0.1) is 0 Å². The van der Waals surface area contributed by atoms with Gasteiger partial charge in [-0.2, -0.15) is 0 Å². The summed E-state index contributed by atoms with van der Waals surface area (Å²) in [4.78, 5) is 35.8. The topological polar surface area (TPSA) is 88.1 Å². The Morgan fingerprint density at radius 1 is 1.06 bits per heavy atom. The lowest BCUT2D eigenvalue weighted by atomic mass is 9.44. The number of carbonyl (C=O) groups is 3. The van der Waals surface area contributed by atoms with Crippen LogP contribution in [0.1, 0.15) is 73.1 Å². The normalized spacial score (nSPS) is 39.5. The van der Waals surface area contributed by atoms with Crippen molar-refractivity contribution in [2.45, 2.75) is 91.8 Å². The molecule has 2 aliphatic carbocycles. The number of hydrogen-bond acceptors (Lipinski definition) is 7. The first-order valence-corrected chi connectivity index (χ1v) is 11.9. The van der Waals surface area contributed by atoms with Crippen molar-refractivity contribution < 1.29 is 33.3 Å². The monoisotopic (exact) mass is 462 g/mol. The Hall–Kier alpha value is -2.15. The molecule has 184 valence electrons. The molecule has 0 amide bonds. The second kappa shape index (κ2) is 9.61. The van der Waals surface area contributed by atoms with Crippen molar-refractivity contribution in [3.05, 3.63) is 24.8 Å². The third kappa shape index (κ3) is 4.75. The molecule has 1 spiro atoms. The molecule has 0 aromatic carbocycles. The zero-order valence-corrected chi connectivity index (χ0v) is 20.6. The smallest absolute Gasteiger partial charge is 0.304 e. The molecule has 1 unspecified atom stereocenters. The molecular weight excluding hydrogens is 424 g/mol. The highest BCUT2D eigenvalue weighted by Crippen LogP contribution is 2.68. The maximum Gasteiger partial charge on any atom is 0.304 e. The first-order valence-electron chi connectivity index (χ1n) is 11.9. The van der Waals surface area contributed by atoms with E-state index >= 15 is 0 Å². The second-order valence-corrected chi connectivity index (χ2v) is 10.3. The molecule has 1 heterocycles. The number of carbonyl (C=O) groups excluding carboxylic acids is 3. The van der Waals surface area contributed by atoms with Crippen LogP contribution in [0.3, 0.4) is 0 Å². The Morgan fingerprint density at radius 3 is 2.27 bits per heavy atom. The van der Waals surface area contributed by atoms with Crippen LogP contribution in [0.2, 0.25) is 0 Å². The third-order valence-electron chi connectivity index (χ3n) is 8.47. The van der Waals surface area contributed by atoms with Gasteiger partial charge in [-0.3, -0.25) is 14.4 Å². The standard InChI is InChI=1S/C26H38O7/c1-8-15(2)9-11-25(7)16(3)10-12-26-21(13-20(14-22(25)26)30-17(4)27)23(31-18(5)28)33-24(26)32-19(6)29/h8,16,20-24H,1-2,9-14H2,3-7H3/t16-,20+,21?,22+,23+,24-,25-,26-/m1/s1. The highest BCUT2D eigenvalue weighted by molar-refractivity contribution is 5.67. The highest BCUT2D eigenvalue weighted by Gasteiger charge is 2.70. The Morgan fingerprint density at radius 2 is 1.70 bits per heavy atom. The van der Waals surface area contributed by atoms with Crippen LogP contribution < -0.4 is 0 Å². The van der Waals surface area contributed by atoms with Gasteiger partial charge < -0.3 is 18.9 Å². The molecule has 7 nitrogen and oxygen atoms in total. The van der Waals surface area contributed by atoms with E-state index in [1.54, 1.807) is 6.08 Å². The average Bonchev–Trinajstić information content (AvgIpc) is 2.99. The largest absolute Gasteiger partial charge is 0.463 e. The molecule has 3 rings (SSSR count). The van der Waals surface area contributed by atoms with Crippen molar-refractivity contribution in [1.29, 1.82) is 0 Å². The van der Waals surface area contributed by atoms with Crippen LogP contribution in [0.5, 0.6) is 0 Å². The fourth-order valence-corrected chi connectivity index (χ4v) is 6.73. The van der Waals surface area contributed by atoms with E-state index in [0.29, 0.717) is 18.8 Å².